The van der Waals surface area contributed by atoms with E-state index in [0.29, 0.717) is 5.69 Å². The highest BCUT2D eigenvalue weighted by atomic mass is 19.4. The molecule has 1 nitrogen and oxygen atoms in total. The third-order valence-electron chi connectivity index (χ3n) is 4.07. The van der Waals surface area contributed by atoms with Gasteiger partial charge in [0.25, 0.3) is 0 Å². The maximum Gasteiger partial charge on any atom is 0.417 e. The molecule has 0 saturated carbocycles. The van der Waals surface area contributed by atoms with Crippen molar-refractivity contribution in [3.63, 3.8) is 0 Å². The summed E-state index contributed by atoms with van der Waals surface area (Å²) in [6, 6.07) is 18.9. The van der Waals surface area contributed by atoms with Crippen molar-refractivity contribution in [1.29, 1.82) is 0 Å². The molecule has 0 aliphatic rings. The van der Waals surface area contributed by atoms with Crippen LogP contribution in [0.2, 0.25) is 0 Å². The van der Waals surface area contributed by atoms with Gasteiger partial charge in [-0.15, -0.1) is 0 Å². The maximum absolute atomic E-state index is 12.7. The Bertz CT molecular complexity index is 1010. The van der Waals surface area contributed by atoms with Gasteiger partial charge in [-0.25, -0.2) is 0 Å². The van der Waals surface area contributed by atoms with Crippen LogP contribution in [0.4, 0.5) is 13.2 Å². The van der Waals surface area contributed by atoms with Gasteiger partial charge in [-0.2, -0.15) is 13.2 Å². The van der Waals surface area contributed by atoms with E-state index in [1.807, 2.05) is 68.4 Å². The fourth-order valence-electron chi connectivity index (χ4n) is 2.91. The molecule has 0 aliphatic heterocycles. The Morgan fingerprint density at radius 2 is 1.44 bits per heavy atom. The number of rotatable bonds is 1. The molecule has 0 fully saturated rings. The minimum Gasteiger partial charge on any atom is -0.361 e. The monoisotopic (exact) mass is 341 g/mol. The largest absolute Gasteiger partial charge is 0.417 e. The molecule has 0 spiro atoms. The zero-order valence-corrected chi connectivity index (χ0v) is 14.0. The Balaban J connectivity index is 0.000000880. The normalized spacial score (nSPS) is 11.4. The molecule has 0 aliphatic carbocycles. The summed E-state index contributed by atoms with van der Waals surface area (Å²) in [6.07, 6.45) is -3.33. The van der Waals surface area contributed by atoms with E-state index in [1.165, 1.54) is 0 Å². The van der Waals surface area contributed by atoms with Crippen molar-refractivity contribution in [3.05, 3.63) is 72.4 Å². The number of hydrogen-bond donors (Lipinski definition) is 1. The standard InChI is InChI=1S/C19H12F3N.C2H6/c20-19(21,22)15-10-18(23-11-15)14-7-8-17-13(9-14)6-5-12-3-1-2-4-16(12)17;1-2/h1-11,23H;1-2H3. The van der Waals surface area contributed by atoms with E-state index in [0.717, 1.165) is 39.4 Å². The van der Waals surface area contributed by atoms with E-state index in [-0.39, 0.29) is 0 Å². The van der Waals surface area contributed by atoms with E-state index in [9.17, 15) is 13.2 Å². The first-order valence-electron chi connectivity index (χ1n) is 8.20. The van der Waals surface area contributed by atoms with Crippen LogP contribution in [0.3, 0.4) is 0 Å². The van der Waals surface area contributed by atoms with Crippen LogP contribution in [-0.4, -0.2) is 4.98 Å². The van der Waals surface area contributed by atoms with Gasteiger partial charge in [0.05, 0.1) is 5.56 Å². The number of alkyl halides is 3. The van der Waals surface area contributed by atoms with Gasteiger partial charge < -0.3 is 4.98 Å². The van der Waals surface area contributed by atoms with Crippen molar-refractivity contribution in [2.24, 2.45) is 0 Å². The van der Waals surface area contributed by atoms with E-state index in [2.05, 4.69) is 4.98 Å². The van der Waals surface area contributed by atoms with Crippen LogP contribution in [0.1, 0.15) is 19.4 Å². The van der Waals surface area contributed by atoms with E-state index < -0.39 is 11.7 Å². The lowest BCUT2D eigenvalue weighted by atomic mass is 9.99. The molecule has 128 valence electrons. The number of aromatic nitrogens is 1. The lowest BCUT2D eigenvalue weighted by Gasteiger charge is -2.06. The second-order valence-corrected chi connectivity index (χ2v) is 5.52. The summed E-state index contributed by atoms with van der Waals surface area (Å²) in [6.45, 7) is 4.00. The second kappa shape index (κ2) is 6.63. The summed E-state index contributed by atoms with van der Waals surface area (Å²) in [7, 11) is 0. The highest BCUT2D eigenvalue weighted by Gasteiger charge is 2.31. The maximum atomic E-state index is 12.7. The predicted molar refractivity (Wildman–Crippen MR) is 97.6 cm³/mol. The minimum absolute atomic E-state index is 0.465. The number of aromatic amines is 1. The molecule has 4 rings (SSSR count). The van der Waals surface area contributed by atoms with Gasteiger partial charge in [-0.1, -0.05) is 62.4 Å². The van der Waals surface area contributed by atoms with Gasteiger partial charge >= 0.3 is 6.18 Å². The summed E-state index contributed by atoms with van der Waals surface area (Å²) in [5, 5.41) is 4.38. The molecular weight excluding hydrogens is 323 g/mol. The Hall–Kier alpha value is -2.75. The van der Waals surface area contributed by atoms with Crippen molar-refractivity contribution >= 4 is 21.5 Å². The highest BCUT2D eigenvalue weighted by molar-refractivity contribution is 6.08. The van der Waals surface area contributed by atoms with Crippen molar-refractivity contribution < 1.29 is 13.2 Å². The average Bonchev–Trinajstić information content (AvgIpc) is 3.13. The highest BCUT2D eigenvalue weighted by Crippen LogP contribution is 2.34. The summed E-state index contributed by atoms with van der Waals surface area (Å²) < 4.78 is 38.2. The average molecular weight is 341 g/mol. The molecule has 0 amide bonds. The van der Waals surface area contributed by atoms with Crippen LogP contribution in [0.5, 0.6) is 0 Å². The molecule has 0 radical (unpaired) electrons. The Labute approximate surface area is 144 Å². The molecule has 1 N–H and O–H groups in total. The van der Waals surface area contributed by atoms with Gasteiger partial charge in [-0.3, -0.25) is 0 Å². The van der Waals surface area contributed by atoms with Gasteiger partial charge in [0.2, 0.25) is 0 Å². The summed E-state index contributed by atoms with van der Waals surface area (Å²) in [5.74, 6) is 0. The first-order valence-corrected chi connectivity index (χ1v) is 8.20. The van der Waals surface area contributed by atoms with Crippen LogP contribution in [0.25, 0.3) is 32.8 Å². The Morgan fingerprint density at radius 1 is 0.760 bits per heavy atom. The van der Waals surface area contributed by atoms with Gasteiger partial charge in [0.1, 0.15) is 0 Å². The SMILES string of the molecule is CC.FC(F)(F)c1c[nH]c(-c2ccc3c(ccc4ccccc43)c2)c1. The molecule has 4 heteroatoms. The zero-order chi connectivity index (χ0) is 18.0. The topological polar surface area (TPSA) is 15.8 Å². The summed E-state index contributed by atoms with van der Waals surface area (Å²) in [4.78, 5) is 2.71. The number of halogens is 3. The van der Waals surface area contributed by atoms with Crippen LogP contribution in [0, 0.1) is 0 Å². The van der Waals surface area contributed by atoms with Crippen molar-refractivity contribution in [3.8, 4) is 11.3 Å². The fourth-order valence-corrected chi connectivity index (χ4v) is 2.91. The van der Waals surface area contributed by atoms with Crippen LogP contribution >= 0.6 is 0 Å². The van der Waals surface area contributed by atoms with Gasteiger partial charge in [0.15, 0.2) is 0 Å². The number of H-pyrrole nitrogens is 1. The van der Waals surface area contributed by atoms with E-state index in [4.69, 9.17) is 0 Å². The molecule has 1 aromatic heterocycles. The van der Waals surface area contributed by atoms with Crippen LogP contribution < -0.4 is 0 Å². The van der Waals surface area contributed by atoms with Crippen molar-refractivity contribution in [2.45, 2.75) is 20.0 Å². The number of nitrogens with one attached hydrogen (secondary N) is 1. The zero-order valence-electron chi connectivity index (χ0n) is 14.0. The minimum atomic E-state index is -4.33. The molecule has 25 heavy (non-hydrogen) atoms. The first kappa shape index (κ1) is 17.1. The van der Waals surface area contributed by atoms with E-state index in [1.54, 1.807) is 0 Å². The van der Waals surface area contributed by atoms with Crippen LogP contribution in [-0.2, 0) is 6.18 Å². The fraction of sp³-hybridized carbons (Fsp3) is 0.143. The van der Waals surface area contributed by atoms with Crippen molar-refractivity contribution in [2.75, 3.05) is 0 Å². The third kappa shape index (κ3) is 3.25. The Kier molecular flexibility index (Phi) is 4.53. The second-order valence-electron chi connectivity index (χ2n) is 5.52. The molecule has 0 bridgehead atoms. The molecule has 0 atom stereocenters. The van der Waals surface area contributed by atoms with E-state index >= 15 is 0 Å². The number of fused-ring (bicyclic) bond motifs is 3. The van der Waals surface area contributed by atoms with Gasteiger partial charge in [-0.05, 0) is 39.2 Å². The quantitative estimate of drug-likeness (QED) is 0.358. The summed E-state index contributed by atoms with van der Waals surface area (Å²) >= 11 is 0. The molecular formula is C21H18F3N. The van der Waals surface area contributed by atoms with Crippen molar-refractivity contribution in [1.82, 2.24) is 4.98 Å². The van der Waals surface area contributed by atoms with Gasteiger partial charge in [0, 0.05) is 11.9 Å². The molecule has 1 heterocycles. The molecule has 0 unspecified atom stereocenters. The third-order valence-corrected chi connectivity index (χ3v) is 4.07. The molecule has 3 aromatic carbocycles. The lowest BCUT2D eigenvalue weighted by molar-refractivity contribution is -0.137. The number of hydrogen-bond acceptors (Lipinski definition) is 0. The summed E-state index contributed by atoms with van der Waals surface area (Å²) in [5.41, 5.74) is 0.543. The predicted octanol–water partition coefficient (Wildman–Crippen LogP) is 7.03. The first-order chi connectivity index (χ1) is 12.0. The molecule has 0 saturated heterocycles. The molecule has 4 aromatic rings. The smallest absolute Gasteiger partial charge is 0.361 e. The number of benzene rings is 3. The lowest BCUT2D eigenvalue weighted by Crippen LogP contribution is -2.02. The van der Waals surface area contributed by atoms with Crippen LogP contribution in [0.15, 0.2) is 66.9 Å². The Morgan fingerprint density at radius 3 is 2.16 bits per heavy atom.